The van der Waals surface area contributed by atoms with Gasteiger partial charge in [-0.3, -0.25) is 4.99 Å². The van der Waals surface area contributed by atoms with Crippen molar-refractivity contribution in [3.8, 4) is 5.75 Å². The van der Waals surface area contributed by atoms with Crippen LogP contribution < -0.4 is 4.74 Å². The summed E-state index contributed by atoms with van der Waals surface area (Å²) in [7, 11) is 0. The van der Waals surface area contributed by atoms with Crippen LogP contribution in [0.25, 0.3) is 5.57 Å². The molecule has 0 radical (unpaired) electrons. The third kappa shape index (κ3) is 1.16. The molecule has 80 valence electrons. The maximum Gasteiger partial charge on any atom is 0.123 e. The molecule has 1 aliphatic carbocycles. The topological polar surface area (TPSA) is 21.6 Å². The number of hydrogen-bond acceptors (Lipinski definition) is 2. The molecule has 1 unspecified atom stereocenters. The van der Waals surface area contributed by atoms with Gasteiger partial charge in [0.25, 0.3) is 0 Å². The summed E-state index contributed by atoms with van der Waals surface area (Å²) in [5.41, 5.74) is 5.89. The Morgan fingerprint density at radius 1 is 1.25 bits per heavy atom. The van der Waals surface area contributed by atoms with Crippen molar-refractivity contribution in [2.45, 2.75) is 25.3 Å². The monoisotopic (exact) mass is 211 g/mol. The maximum absolute atomic E-state index is 5.63. The van der Waals surface area contributed by atoms with Crippen LogP contribution in [-0.4, -0.2) is 18.9 Å². The highest BCUT2D eigenvalue weighted by atomic mass is 16.5. The van der Waals surface area contributed by atoms with Gasteiger partial charge in [0, 0.05) is 18.2 Å². The summed E-state index contributed by atoms with van der Waals surface area (Å²) in [4.78, 5) is 4.20. The summed E-state index contributed by atoms with van der Waals surface area (Å²) in [6.07, 6.45) is 7.74. The molecule has 1 aromatic carbocycles. The molecule has 3 aliphatic rings. The number of allylic oxidation sites excluding steroid dienone is 1. The standard InChI is InChI=1S/C14H13NO/c1-2-10(7-11-8-15-11)14-9(1)3-4-13-12(14)5-6-16-13/h3-4,7-8,11H,1-2,5-6H2. The Morgan fingerprint density at radius 2 is 2.19 bits per heavy atom. The van der Waals surface area contributed by atoms with Gasteiger partial charge >= 0.3 is 0 Å². The summed E-state index contributed by atoms with van der Waals surface area (Å²) in [6, 6.07) is 4.75. The minimum atomic E-state index is 0.388. The zero-order valence-electron chi connectivity index (χ0n) is 9.07. The number of rotatable bonds is 1. The lowest BCUT2D eigenvalue weighted by atomic mass is 9.98. The molecule has 0 saturated carbocycles. The zero-order chi connectivity index (χ0) is 10.5. The first kappa shape index (κ1) is 8.57. The van der Waals surface area contributed by atoms with Crippen LogP contribution >= 0.6 is 0 Å². The number of hydrogen-bond donors (Lipinski definition) is 0. The predicted molar refractivity (Wildman–Crippen MR) is 64.2 cm³/mol. The summed E-state index contributed by atoms with van der Waals surface area (Å²) >= 11 is 0. The van der Waals surface area contributed by atoms with Gasteiger partial charge in [0.2, 0.25) is 0 Å². The molecule has 0 amide bonds. The van der Waals surface area contributed by atoms with Crippen LogP contribution in [0, 0.1) is 0 Å². The normalized spacial score (nSPS) is 26.8. The van der Waals surface area contributed by atoms with Gasteiger partial charge in [-0.15, -0.1) is 0 Å². The van der Waals surface area contributed by atoms with Crippen LogP contribution in [0.4, 0.5) is 0 Å². The quantitative estimate of drug-likeness (QED) is 0.699. The second-order valence-corrected chi connectivity index (χ2v) is 4.66. The molecule has 0 bridgehead atoms. The van der Waals surface area contributed by atoms with Crippen LogP contribution in [0.15, 0.2) is 23.2 Å². The van der Waals surface area contributed by atoms with Gasteiger partial charge in [-0.1, -0.05) is 12.1 Å². The Morgan fingerprint density at radius 3 is 3.06 bits per heavy atom. The number of benzene rings is 1. The van der Waals surface area contributed by atoms with Gasteiger partial charge in [0.15, 0.2) is 0 Å². The number of aliphatic imine (C=N–C) groups is 1. The molecule has 4 rings (SSSR count). The minimum Gasteiger partial charge on any atom is -0.493 e. The average molecular weight is 211 g/mol. The molecule has 1 atom stereocenters. The Labute approximate surface area is 94.7 Å². The zero-order valence-corrected chi connectivity index (χ0v) is 9.07. The largest absolute Gasteiger partial charge is 0.493 e. The first-order valence-electron chi connectivity index (χ1n) is 5.94. The molecule has 0 N–H and O–H groups in total. The minimum absolute atomic E-state index is 0.388. The molecule has 16 heavy (non-hydrogen) atoms. The molecular formula is C14H13NO. The fourth-order valence-corrected chi connectivity index (χ4v) is 2.83. The molecule has 0 saturated heterocycles. The summed E-state index contributed by atoms with van der Waals surface area (Å²) in [6.45, 7) is 0.846. The molecule has 1 aromatic rings. The first-order chi connectivity index (χ1) is 7.92. The second kappa shape index (κ2) is 2.97. The van der Waals surface area contributed by atoms with Crippen molar-refractivity contribution in [3.05, 3.63) is 34.9 Å². The van der Waals surface area contributed by atoms with Gasteiger partial charge in [-0.25, -0.2) is 0 Å². The Bertz CT molecular complexity index is 522. The van der Waals surface area contributed by atoms with Gasteiger partial charge < -0.3 is 4.74 Å². The van der Waals surface area contributed by atoms with Crippen LogP contribution in [0.5, 0.6) is 5.75 Å². The lowest BCUT2D eigenvalue weighted by Gasteiger charge is -2.07. The Balaban J connectivity index is 1.87. The van der Waals surface area contributed by atoms with Crippen molar-refractivity contribution in [1.29, 1.82) is 0 Å². The number of fused-ring (bicyclic) bond motifs is 3. The molecule has 0 fully saturated rings. The van der Waals surface area contributed by atoms with E-state index in [9.17, 15) is 0 Å². The van der Waals surface area contributed by atoms with E-state index in [4.69, 9.17) is 4.74 Å². The molecule has 2 aliphatic heterocycles. The molecular weight excluding hydrogens is 198 g/mol. The van der Waals surface area contributed by atoms with E-state index in [2.05, 4.69) is 23.2 Å². The highest BCUT2D eigenvalue weighted by molar-refractivity contribution is 5.86. The average Bonchev–Trinajstić information content (AvgIpc) is 2.83. The smallest absolute Gasteiger partial charge is 0.123 e. The van der Waals surface area contributed by atoms with E-state index >= 15 is 0 Å². The van der Waals surface area contributed by atoms with Gasteiger partial charge in [-0.05, 0) is 35.6 Å². The second-order valence-electron chi connectivity index (χ2n) is 4.66. The summed E-state index contributed by atoms with van der Waals surface area (Å²) in [5.74, 6) is 1.10. The van der Waals surface area contributed by atoms with Crippen molar-refractivity contribution in [2.24, 2.45) is 4.99 Å². The number of aryl methyl sites for hydroxylation is 1. The van der Waals surface area contributed by atoms with E-state index in [1.807, 2.05) is 6.21 Å². The van der Waals surface area contributed by atoms with Gasteiger partial charge in [-0.2, -0.15) is 0 Å². The van der Waals surface area contributed by atoms with Crippen molar-refractivity contribution < 1.29 is 4.74 Å². The van der Waals surface area contributed by atoms with E-state index in [1.165, 1.54) is 35.1 Å². The van der Waals surface area contributed by atoms with E-state index < -0.39 is 0 Å². The number of nitrogens with zero attached hydrogens (tertiary/aromatic N) is 1. The maximum atomic E-state index is 5.63. The molecule has 2 heterocycles. The Hall–Kier alpha value is -1.57. The summed E-state index contributed by atoms with van der Waals surface area (Å²) < 4.78 is 5.63. The highest BCUT2D eigenvalue weighted by Crippen LogP contribution is 2.41. The Kier molecular flexibility index (Phi) is 1.59. The fraction of sp³-hybridized carbons (Fsp3) is 0.357. The highest BCUT2D eigenvalue weighted by Gasteiger charge is 2.26. The van der Waals surface area contributed by atoms with E-state index in [1.54, 1.807) is 0 Å². The van der Waals surface area contributed by atoms with E-state index in [-0.39, 0.29) is 0 Å². The third-order valence-electron chi connectivity index (χ3n) is 3.64. The fourth-order valence-electron chi connectivity index (χ4n) is 2.83. The van der Waals surface area contributed by atoms with Gasteiger partial charge in [0.05, 0.1) is 6.61 Å². The van der Waals surface area contributed by atoms with Crippen molar-refractivity contribution in [3.63, 3.8) is 0 Å². The number of ether oxygens (including phenoxy) is 1. The van der Waals surface area contributed by atoms with Gasteiger partial charge in [0.1, 0.15) is 11.8 Å². The van der Waals surface area contributed by atoms with E-state index in [0.29, 0.717) is 6.04 Å². The SMILES string of the molecule is C1=NC1C=C1CCc2ccc3c(c21)CCO3. The molecule has 2 heteroatoms. The molecule has 2 nitrogen and oxygen atoms in total. The van der Waals surface area contributed by atoms with Crippen molar-refractivity contribution in [1.82, 2.24) is 0 Å². The first-order valence-corrected chi connectivity index (χ1v) is 5.94. The van der Waals surface area contributed by atoms with Crippen molar-refractivity contribution >= 4 is 11.8 Å². The molecule has 0 spiro atoms. The predicted octanol–water partition coefficient (Wildman–Crippen LogP) is 2.40. The third-order valence-corrected chi connectivity index (χ3v) is 3.64. The van der Waals surface area contributed by atoms with Crippen LogP contribution in [-0.2, 0) is 12.8 Å². The molecule has 0 aromatic heterocycles. The lowest BCUT2D eigenvalue weighted by Crippen LogP contribution is -1.91. The van der Waals surface area contributed by atoms with Crippen LogP contribution in [0.2, 0.25) is 0 Å². The van der Waals surface area contributed by atoms with Crippen LogP contribution in [0.1, 0.15) is 23.1 Å². The van der Waals surface area contributed by atoms with Crippen LogP contribution in [0.3, 0.4) is 0 Å². The van der Waals surface area contributed by atoms with E-state index in [0.717, 1.165) is 18.8 Å². The summed E-state index contributed by atoms with van der Waals surface area (Å²) in [5, 5.41) is 0. The lowest BCUT2D eigenvalue weighted by molar-refractivity contribution is 0.357. The van der Waals surface area contributed by atoms with Crippen molar-refractivity contribution in [2.75, 3.05) is 6.61 Å².